The predicted octanol–water partition coefficient (Wildman–Crippen LogP) is 2.47. The average molecular weight is 361 g/mol. The summed E-state index contributed by atoms with van der Waals surface area (Å²) < 4.78 is 1.81. The lowest BCUT2D eigenvalue weighted by Gasteiger charge is -2.35. The van der Waals surface area contributed by atoms with E-state index in [2.05, 4.69) is 50.1 Å². The molecule has 6 nitrogen and oxygen atoms in total. The van der Waals surface area contributed by atoms with Crippen molar-refractivity contribution in [1.82, 2.24) is 24.2 Å². The number of fused-ring (bicyclic) bond motifs is 5. The van der Waals surface area contributed by atoms with Crippen LogP contribution in [0.3, 0.4) is 0 Å². The normalized spacial score (nSPS) is 22.9. The summed E-state index contributed by atoms with van der Waals surface area (Å²) >= 11 is 0. The minimum Gasteiger partial charge on any atom is -0.333 e. The molecule has 2 aromatic heterocycles. The smallest absolute Gasteiger partial charge is 0.274 e. The summed E-state index contributed by atoms with van der Waals surface area (Å²) in [7, 11) is 0. The highest BCUT2D eigenvalue weighted by Gasteiger charge is 2.38. The molecule has 6 heteroatoms. The Bertz CT molecular complexity index is 920. The maximum absolute atomic E-state index is 13.2. The van der Waals surface area contributed by atoms with Gasteiger partial charge in [-0.2, -0.15) is 0 Å². The highest BCUT2D eigenvalue weighted by Crippen LogP contribution is 2.29. The van der Waals surface area contributed by atoms with Gasteiger partial charge in [0.2, 0.25) is 5.78 Å². The summed E-state index contributed by atoms with van der Waals surface area (Å²) in [6.07, 6.45) is 7.65. The van der Waals surface area contributed by atoms with E-state index in [1.165, 1.54) is 12.0 Å². The zero-order valence-corrected chi connectivity index (χ0v) is 15.2. The summed E-state index contributed by atoms with van der Waals surface area (Å²) in [5.41, 5.74) is 1.83. The number of benzene rings is 1. The molecular weight excluding hydrogens is 338 g/mol. The zero-order chi connectivity index (χ0) is 18.2. The van der Waals surface area contributed by atoms with Gasteiger partial charge in [0.1, 0.15) is 5.69 Å². The standard InChI is InChI=1S/C21H23N5O/c27-20(19-15-25-10-4-9-22-21(25)23-19)26-13-17-7-8-18(26)14-24(12-17)11-16-5-2-1-3-6-16/h1-6,9-10,15,17-18H,7-8,11-14H2. The molecule has 3 aliphatic heterocycles. The number of piperidine rings is 1. The van der Waals surface area contributed by atoms with Crippen molar-refractivity contribution in [2.24, 2.45) is 5.92 Å². The highest BCUT2D eigenvalue weighted by atomic mass is 16.2. The second kappa shape index (κ2) is 6.78. The van der Waals surface area contributed by atoms with Crippen LogP contribution < -0.4 is 0 Å². The number of aromatic nitrogens is 3. The van der Waals surface area contributed by atoms with Gasteiger partial charge in [-0.3, -0.25) is 14.1 Å². The topological polar surface area (TPSA) is 53.7 Å². The second-order valence-corrected chi connectivity index (χ2v) is 7.69. The summed E-state index contributed by atoms with van der Waals surface area (Å²) in [6, 6.07) is 12.7. The van der Waals surface area contributed by atoms with Gasteiger partial charge in [0.25, 0.3) is 5.91 Å². The van der Waals surface area contributed by atoms with Crippen LogP contribution in [0, 0.1) is 5.92 Å². The Kier molecular flexibility index (Phi) is 4.13. The molecule has 3 fully saturated rings. The van der Waals surface area contributed by atoms with E-state index in [0.29, 0.717) is 17.4 Å². The molecule has 3 aliphatic rings. The molecule has 0 aliphatic carbocycles. The molecule has 2 unspecified atom stereocenters. The van der Waals surface area contributed by atoms with Gasteiger partial charge in [0, 0.05) is 50.8 Å². The summed E-state index contributed by atoms with van der Waals surface area (Å²) in [6.45, 7) is 3.77. The molecular formula is C21H23N5O. The molecule has 2 bridgehead atoms. The van der Waals surface area contributed by atoms with Crippen LogP contribution in [0.15, 0.2) is 55.0 Å². The number of imidazole rings is 1. The van der Waals surface area contributed by atoms with Crippen molar-refractivity contribution in [3.05, 3.63) is 66.2 Å². The molecule has 1 aromatic carbocycles. The van der Waals surface area contributed by atoms with Gasteiger partial charge in [0.15, 0.2) is 0 Å². The van der Waals surface area contributed by atoms with Gasteiger partial charge < -0.3 is 4.90 Å². The number of rotatable bonds is 3. The van der Waals surface area contributed by atoms with E-state index < -0.39 is 0 Å². The quantitative estimate of drug-likeness (QED) is 0.719. The molecule has 0 N–H and O–H groups in total. The third kappa shape index (κ3) is 3.21. The first-order valence-corrected chi connectivity index (χ1v) is 9.63. The van der Waals surface area contributed by atoms with Crippen LogP contribution in [0.25, 0.3) is 5.78 Å². The molecule has 0 spiro atoms. The van der Waals surface area contributed by atoms with E-state index in [9.17, 15) is 4.79 Å². The third-order valence-electron chi connectivity index (χ3n) is 5.75. The molecule has 0 saturated carbocycles. The lowest BCUT2D eigenvalue weighted by molar-refractivity contribution is 0.0579. The van der Waals surface area contributed by atoms with Crippen LogP contribution in [-0.2, 0) is 6.54 Å². The van der Waals surface area contributed by atoms with Crippen LogP contribution in [0.4, 0.5) is 0 Å². The molecule has 2 atom stereocenters. The SMILES string of the molecule is O=C(c1cn2cccnc2n1)N1CC2CCC1CN(Cc1ccccc1)C2. The first-order chi connectivity index (χ1) is 13.3. The maximum atomic E-state index is 13.2. The number of carbonyl (C=O) groups is 1. The van der Waals surface area contributed by atoms with Crippen LogP contribution in [0.2, 0.25) is 0 Å². The highest BCUT2D eigenvalue weighted by molar-refractivity contribution is 5.93. The summed E-state index contributed by atoms with van der Waals surface area (Å²) in [4.78, 5) is 26.4. The van der Waals surface area contributed by atoms with Crippen LogP contribution in [0.5, 0.6) is 0 Å². The van der Waals surface area contributed by atoms with Crippen molar-refractivity contribution in [3.63, 3.8) is 0 Å². The molecule has 3 aromatic rings. The van der Waals surface area contributed by atoms with Crippen molar-refractivity contribution >= 4 is 11.7 Å². The second-order valence-electron chi connectivity index (χ2n) is 7.69. The van der Waals surface area contributed by atoms with Crippen molar-refractivity contribution in [3.8, 4) is 0 Å². The fourth-order valence-electron chi connectivity index (χ4n) is 4.48. The molecule has 138 valence electrons. The minimum absolute atomic E-state index is 0.0387. The van der Waals surface area contributed by atoms with Crippen molar-refractivity contribution in [1.29, 1.82) is 0 Å². The van der Waals surface area contributed by atoms with E-state index in [1.54, 1.807) is 12.4 Å². The van der Waals surface area contributed by atoms with Crippen molar-refractivity contribution < 1.29 is 4.79 Å². The monoisotopic (exact) mass is 361 g/mol. The van der Waals surface area contributed by atoms with Gasteiger partial charge in [-0.1, -0.05) is 30.3 Å². The van der Waals surface area contributed by atoms with Gasteiger partial charge in [0.05, 0.1) is 0 Å². The largest absolute Gasteiger partial charge is 0.333 e. The Morgan fingerprint density at radius 3 is 2.81 bits per heavy atom. The Labute approximate surface area is 158 Å². The first kappa shape index (κ1) is 16.4. The number of amides is 1. The fourth-order valence-corrected chi connectivity index (χ4v) is 4.48. The van der Waals surface area contributed by atoms with E-state index in [0.717, 1.165) is 32.6 Å². The molecule has 0 radical (unpaired) electrons. The number of carbonyl (C=O) groups excluding carboxylic acids is 1. The summed E-state index contributed by atoms with van der Waals surface area (Å²) in [5.74, 6) is 1.15. The summed E-state index contributed by atoms with van der Waals surface area (Å²) in [5, 5.41) is 0. The lowest BCUT2D eigenvalue weighted by atomic mass is 9.95. The van der Waals surface area contributed by atoms with Gasteiger partial charge >= 0.3 is 0 Å². The Balaban J connectivity index is 1.36. The van der Waals surface area contributed by atoms with Gasteiger partial charge in [-0.25, -0.2) is 9.97 Å². The Hall–Kier alpha value is -2.73. The Morgan fingerprint density at radius 1 is 1.07 bits per heavy atom. The van der Waals surface area contributed by atoms with Gasteiger partial charge in [-0.05, 0) is 30.4 Å². The van der Waals surface area contributed by atoms with Crippen molar-refractivity contribution in [2.45, 2.75) is 25.4 Å². The lowest BCUT2D eigenvalue weighted by Crippen LogP contribution is -2.47. The first-order valence-electron chi connectivity index (χ1n) is 9.63. The van der Waals surface area contributed by atoms with Crippen LogP contribution in [0.1, 0.15) is 28.9 Å². The van der Waals surface area contributed by atoms with Crippen LogP contribution in [-0.4, -0.2) is 55.8 Å². The van der Waals surface area contributed by atoms with Crippen molar-refractivity contribution in [2.75, 3.05) is 19.6 Å². The molecule has 5 heterocycles. The van der Waals surface area contributed by atoms with E-state index in [4.69, 9.17) is 0 Å². The molecule has 1 amide bonds. The maximum Gasteiger partial charge on any atom is 0.274 e. The zero-order valence-electron chi connectivity index (χ0n) is 15.2. The van der Waals surface area contributed by atoms with Gasteiger partial charge in [-0.15, -0.1) is 0 Å². The van der Waals surface area contributed by atoms with Crippen LogP contribution >= 0.6 is 0 Å². The number of nitrogens with zero attached hydrogens (tertiary/aromatic N) is 5. The molecule has 3 saturated heterocycles. The van der Waals surface area contributed by atoms with E-state index >= 15 is 0 Å². The average Bonchev–Trinajstić information content (AvgIpc) is 2.95. The molecule has 27 heavy (non-hydrogen) atoms. The van der Waals surface area contributed by atoms with E-state index in [1.807, 2.05) is 16.7 Å². The van der Waals surface area contributed by atoms with E-state index in [-0.39, 0.29) is 11.9 Å². The number of hydrogen-bond donors (Lipinski definition) is 0. The molecule has 6 rings (SSSR count). The third-order valence-corrected chi connectivity index (χ3v) is 5.75. The predicted molar refractivity (Wildman–Crippen MR) is 102 cm³/mol. The number of hydrogen-bond acceptors (Lipinski definition) is 4. The Morgan fingerprint density at radius 2 is 1.96 bits per heavy atom. The minimum atomic E-state index is 0.0387. The fraction of sp³-hybridized carbons (Fsp3) is 0.381.